The van der Waals surface area contributed by atoms with Crippen molar-refractivity contribution in [3.8, 4) is 0 Å². The number of hydrogen-bond donors (Lipinski definition) is 2. The smallest absolute Gasteiger partial charge is 0.212 e. The predicted molar refractivity (Wildman–Crippen MR) is 85.0 cm³/mol. The Bertz CT molecular complexity index is 546. The second-order valence-corrected chi connectivity index (χ2v) is 8.76. The first-order valence-corrected chi connectivity index (χ1v) is 10.0. The van der Waals surface area contributed by atoms with Gasteiger partial charge in [0.05, 0.1) is 22.6 Å². The molecule has 7 heteroatoms. The Morgan fingerprint density at radius 3 is 2.57 bits per heavy atom. The van der Waals surface area contributed by atoms with Crippen LogP contribution in [0.4, 0.5) is 0 Å². The molecule has 0 amide bonds. The molecule has 2 rings (SSSR count). The largest absolute Gasteiger partial charge is 0.389 e. The number of thiazole rings is 1. The van der Waals surface area contributed by atoms with Crippen LogP contribution in [0.2, 0.25) is 0 Å². The molecule has 1 aliphatic carbocycles. The van der Waals surface area contributed by atoms with Crippen molar-refractivity contribution in [2.45, 2.75) is 57.5 Å². The van der Waals surface area contributed by atoms with E-state index in [-0.39, 0.29) is 12.3 Å². The van der Waals surface area contributed by atoms with Crippen LogP contribution in [-0.4, -0.2) is 36.4 Å². The first-order valence-electron chi connectivity index (χ1n) is 7.49. The van der Waals surface area contributed by atoms with Crippen LogP contribution in [0.1, 0.15) is 49.1 Å². The summed E-state index contributed by atoms with van der Waals surface area (Å²) in [6.45, 7) is 2.02. The number of rotatable bonds is 6. The summed E-state index contributed by atoms with van der Waals surface area (Å²) < 4.78 is 26.7. The van der Waals surface area contributed by atoms with Gasteiger partial charge in [-0.1, -0.05) is 25.7 Å². The van der Waals surface area contributed by atoms with Gasteiger partial charge in [-0.3, -0.25) is 0 Å². The van der Waals surface area contributed by atoms with Gasteiger partial charge in [-0.2, -0.15) is 0 Å². The fraction of sp³-hybridized carbons (Fsp3) is 0.786. The summed E-state index contributed by atoms with van der Waals surface area (Å²) in [5.41, 5.74) is 1.76. The molecule has 1 saturated carbocycles. The van der Waals surface area contributed by atoms with E-state index < -0.39 is 15.6 Å². The van der Waals surface area contributed by atoms with Gasteiger partial charge in [0.1, 0.15) is 0 Å². The number of aryl methyl sites for hydroxylation is 2. The Labute approximate surface area is 130 Å². The molecule has 1 aliphatic rings. The zero-order valence-corrected chi connectivity index (χ0v) is 14.1. The van der Waals surface area contributed by atoms with E-state index in [0.717, 1.165) is 36.3 Å². The summed E-state index contributed by atoms with van der Waals surface area (Å²) in [4.78, 5) is 5.13. The lowest BCUT2D eigenvalue weighted by Gasteiger charge is -2.26. The molecule has 0 aliphatic heterocycles. The third kappa shape index (κ3) is 5.32. The van der Waals surface area contributed by atoms with Gasteiger partial charge in [0.2, 0.25) is 10.0 Å². The topological polar surface area (TPSA) is 79.3 Å². The minimum atomic E-state index is -3.35. The van der Waals surface area contributed by atoms with E-state index in [1.807, 2.05) is 6.92 Å². The lowest BCUT2D eigenvalue weighted by Crippen LogP contribution is -2.43. The number of nitrogens with zero attached hydrogens (tertiary/aromatic N) is 1. The van der Waals surface area contributed by atoms with Gasteiger partial charge in [-0.05, 0) is 26.2 Å². The summed E-state index contributed by atoms with van der Waals surface area (Å²) in [6, 6.07) is 0. The van der Waals surface area contributed by atoms with E-state index in [0.29, 0.717) is 19.3 Å². The lowest BCUT2D eigenvalue weighted by atomic mass is 9.95. The molecular weight excluding hydrogens is 308 g/mol. The molecule has 0 aromatic carbocycles. The van der Waals surface area contributed by atoms with Crippen molar-refractivity contribution >= 4 is 21.4 Å². The molecule has 120 valence electrons. The van der Waals surface area contributed by atoms with Crippen molar-refractivity contribution in [1.29, 1.82) is 0 Å². The van der Waals surface area contributed by atoms with E-state index >= 15 is 0 Å². The number of nitrogens with one attached hydrogen (secondary N) is 1. The first-order chi connectivity index (χ1) is 9.90. The molecule has 5 nitrogen and oxygen atoms in total. The van der Waals surface area contributed by atoms with Crippen molar-refractivity contribution in [2.24, 2.45) is 0 Å². The van der Waals surface area contributed by atoms with Crippen LogP contribution in [0.3, 0.4) is 0 Å². The number of sulfonamides is 1. The van der Waals surface area contributed by atoms with E-state index in [2.05, 4.69) is 9.71 Å². The Hall–Kier alpha value is -0.500. The monoisotopic (exact) mass is 332 g/mol. The van der Waals surface area contributed by atoms with Crippen LogP contribution in [0.25, 0.3) is 0 Å². The maximum Gasteiger partial charge on any atom is 0.212 e. The fourth-order valence-corrected chi connectivity index (χ4v) is 4.69. The second-order valence-electron chi connectivity index (χ2n) is 5.89. The highest BCUT2D eigenvalue weighted by Gasteiger charge is 2.29. The molecule has 0 unspecified atom stereocenters. The van der Waals surface area contributed by atoms with Crippen molar-refractivity contribution in [3.05, 3.63) is 16.1 Å². The van der Waals surface area contributed by atoms with Crippen LogP contribution in [0.5, 0.6) is 0 Å². The van der Waals surface area contributed by atoms with Gasteiger partial charge in [0.15, 0.2) is 0 Å². The van der Waals surface area contributed by atoms with Gasteiger partial charge >= 0.3 is 0 Å². The van der Waals surface area contributed by atoms with Gasteiger partial charge in [0.25, 0.3) is 0 Å². The van der Waals surface area contributed by atoms with Crippen LogP contribution < -0.4 is 4.72 Å². The molecule has 0 spiro atoms. The summed E-state index contributed by atoms with van der Waals surface area (Å²) in [6.07, 6.45) is 6.03. The van der Waals surface area contributed by atoms with Gasteiger partial charge < -0.3 is 5.11 Å². The fourth-order valence-electron chi connectivity index (χ4n) is 2.67. The Balaban J connectivity index is 1.84. The van der Waals surface area contributed by atoms with Crippen LogP contribution >= 0.6 is 11.3 Å². The molecule has 1 heterocycles. The SMILES string of the molecule is Cc1ncsc1CCS(=O)(=O)NCC1(O)CCCCCC1. The van der Waals surface area contributed by atoms with Crippen molar-refractivity contribution in [3.63, 3.8) is 0 Å². The lowest BCUT2D eigenvalue weighted by molar-refractivity contribution is 0.0303. The van der Waals surface area contributed by atoms with E-state index in [1.54, 1.807) is 5.51 Å². The molecule has 2 N–H and O–H groups in total. The summed E-state index contributed by atoms with van der Waals surface area (Å²) in [5, 5.41) is 10.5. The van der Waals surface area contributed by atoms with Crippen LogP contribution in [-0.2, 0) is 16.4 Å². The minimum Gasteiger partial charge on any atom is -0.389 e. The zero-order chi connectivity index (χ0) is 15.3. The maximum absolute atomic E-state index is 12.1. The highest BCUT2D eigenvalue weighted by atomic mass is 32.2. The van der Waals surface area contributed by atoms with Gasteiger partial charge in [-0.15, -0.1) is 11.3 Å². The van der Waals surface area contributed by atoms with E-state index in [9.17, 15) is 13.5 Å². The molecule has 21 heavy (non-hydrogen) atoms. The molecule has 0 atom stereocenters. The Kier molecular flexibility index (Phi) is 5.76. The van der Waals surface area contributed by atoms with Crippen LogP contribution in [0.15, 0.2) is 5.51 Å². The molecule has 0 bridgehead atoms. The number of aliphatic hydroxyl groups is 1. The normalized spacial score (nSPS) is 19.3. The van der Waals surface area contributed by atoms with E-state index in [4.69, 9.17) is 0 Å². The molecule has 1 fully saturated rings. The quantitative estimate of drug-likeness (QED) is 0.781. The van der Waals surface area contributed by atoms with E-state index in [1.165, 1.54) is 11.3 Å². The predicted octanol–water partition coefficient (Wildman–Crippen LogP) is 2.00. The van der Waals surface area contributed by atoms with Crippen molar-refractivity contribution in [2.75, 3.05) is 12.3 Å². The third-order valence-corrected chi connectivity index (χ3v) is 6.42. The standard InChI is InChI=1S/C14H24N2O3S2/c1-12-13(20-11-15-12)6-9-21(18,19)16-10-14(17)7-4-2-3-5-8-14/h11,16-17H,2-10H2,1H3. The zero-order valence-electron chi connectivity index (χ0n) is 12.5. The van der Waals surface area contributed by atoms with Crippen LogP contribution in [0, 0.1) is 6.92 Å². The van der Waals surface area contributed by atoms with Crippen molar-refractivity contribution < 1.29 is 13.5 Å². The second kappa shape index (κ2) is 7.17. The minimum absolute atomic E-state index is 0.0477. The van der Waals surface area contributed by atoms with Crippen molar-refractivity contribution in [1.82, 2.24) is 9.71 Å². The highest BCUT2D eigenvalue weighted by molar-refractivity contribution is 7.89. The Morgan fingerprint density at radius 2 is 2.00 bits per heavy atom. The molecule has 0 radical (unpaired) electrons. The average Bonchev–Trinajstić information content (AvgIpc) is 2.71. The number of aromatic nitrogens is 1. The molecule has 1 aromatic heterocycles. The molecule has 1 aromatic rings. The van der Waals surface area contributed by atoms with Gasteiger partial charge in [0, 0.05) is 11.4 Å². The average molecular weight is 332 g/mol. The molecular formula is C14H24N2O3S2. The highest BCUT2D eigenvalue weighted by Crippen LogP contribution is 2.26. The van der Waals surface area contributed by atoms with Gasteiger partial charge in [-0.25, -0.2) is 18.1 Å². The number of hydrogen-bond acceptors (Lipinski definition) is 5. The first kappa shape index (κ1) is 16.9. The maximum atomic E-state index is 12.1. The summed E-state index contributed by atoms with van der Waals surface area (Å²) in [7, 11) is -3.35. The third-order valence-electron chi connectivity index (χ3n) is 4.10. The summed E-state index contributed by atoms with van der Waals surface area (Å²) >= 11 is 1.49. The molecule has 0 saturated heterocycles. The Morgan fingerprint density at radius 1 is 1.33 bits per heavy atom. The summed E-state index contributed by atoms with van der Waals surface area (Å²) in [5.74, 6) is 0.0477.